The monoisotopic (exact) mass is 506 g/mol. The molecule has 4 heterocycles. The molecule has 1 N–H and O–H groups in total. The highest BCUT2D eigenvalue weighted by atomic mass is 16.5. The number of carbonyl (C=O) groups is 2. The Bertz CT molecular complexity index is 1710. The number of hydrogen-bond acceptors (Lipinski definition) is 6. The Morgan fingerprint density at radius 3 is 2.37 bits per heavy atom. The number of methoxy groups -OCH3 is 1. The van der Waals surface area contributed by atoms with Crippen molar-refractivity contribution < 1.29 is 14.3 Å². The number of hydrogen-bond donors (Lipinski definition) is 1. The van der Waals surface area contributed by atoms with Crippen LogP contribution in [-0.4, -0.2) is 34.5 Å². The summed E-state index contributed by atoms with van der Waals surface area (Å²) in [5, 5.41) is 4.22. The highest BCUT2D eigenvalue weighted by molar-refractivity contribution is 6.23. The molecule has 2 saturated heterocycles. The Labute approximate surface area is 218 Å². The van der Waals surface area contributed by atoms with Crippen LogP contribution in [0.4, 0.5) is 5.69 Å². The molecular formula is C30H26N4O4. The van der Waals surface area contributed by atoms with Crippen LogP contribution in [0.25, 0.3) is 16.6 Å². The molecule has 4 atom stereocenters. The Hall–Kier alpha value is -4.30. The van der Waals surface area contributed by atoms with E-state index in [1.54, 1.807) is 42.0 Å². The summed E-state index contributed by atoms with van der Waals surface area (Å²) in [6.45, 7) is 4.09. The van der Waals surface area contributed by atoms with Crippen LogP contribution >= 0.6 is 0 Å². The topological polar surface area (TPSA) is 93.5 Å². The normalized spacial score (nSPS) is 25.4. The minimum absolute atomic E-state index is 0.0443. The minimum atomic E-state index is -1.13. The molecule has 190 valence electrons. The van der Waals surface area contributed by atoms with E-state index in [2.05, 4.69) is 5.32 Å². The van der Waals surface area contributed by atoms with Gasteiger partial charge in [-0.05, 0) is 48.4 Å². The molecule has 8 nitrogen and oxygen atoms in total. The summed E-state index contributed by atoms with van der Waals surface area (Å²) >= 11 is 0. The maximum Gasteiger partial charge on any atom is 0.266 e. The fourth-order valence-electron chi connectivity index (χ4n) is 6.71. The Morgan fingerprint density at radius 1 is 0.921 bits per heavy atom. The molecule has 0 saturated carbocycles. The second kappa shape index (κ2) is 7.85. The highest BCUT2D eigenvalue weighted by Crippen LogP contribution is 2.56. The molecule has 1 spiro atoms. The van der Waals surface area contributed by atoms with E-state index in [4.69, 9.17) is 9.72 Å². The fourth-order valence-corrected chi connectivity index (χ4v) is 6.71. The van der Waals surface area contributed by atoms with Crippen molar-refractivity contribution in [2.24, 2.45) is 17.8 Å². The van der Waals surface area contributed by atoms with Gasteiger partial charge in [-0.3, -0.25) is 24.3 Å². The predicted octanol–water partition coefficient (Wildman–Crippen LogP) is 3.38. The first-order valence-corrected chi connectivity index (χ1v) is 12.8. The molecule has 3 aliphatic heterocycles. The van der Waals surface area contributed by atoms with Gasteiger partial charge in [-0.25, -0.2) is 9.88 Å². The smallest absolute Gasteiger partial charge is 0.266 e. The zero-order valence-electron chi connectivity index (χ0n) is 21.2. The molecular weight excluding hydrogens is 480 g/mol. The maximum absolute atomic E-state index is 14.4. The van der Waals surface area contributed by atoms with E-state index < -0.39 is 17.4 Å². The summed E-state index contributed by atoms with van der Waals surface area (Å²) in [7, 11) is 1.57. The zero-order valence-corrected chi connectivity index (χ0v) is 21.2. The fraction of sp³-hybridized carbons (Fsp3) is 0.267. The molecule has 0 unspecified atom stereocenters. The first kappa shape index (κ1) is 22.9. The molecule has 0 aliphatic carbocycles. The van der Waals surface area contributed by atoms with Crippen LogP contribution in [0.1, 0.15) is 25.2 Å². The zero-order chi connectivity index (χ0) is 26.3. The standard InChI is InChI=1S/C30H26N4O4/c1-16(2)25-23-24(28(37)33(27(23)36)17-12-14-18(38-3)15-13-17)30(32-25)20-9-5-7-11-22(20)34-26(35)19-8-4-6-10-21(19)31-29(30)34/h4-16,23-25,32H,1-3H3/t23-,24-,25-,30+/m1/s1. The molecule has 2 amide bonds. The number of aromatic nitrogens is 2. The van der Waals surface area contributed by atoms with E-state index in [0.29, 0.717) is 33.9 Å². The average molecular weight is 507 g/mol. The molecule has 8 heteroatoms. The third-order valence-electron chi connectivity index (χ3n) is 8.35. The van der Waals surface area contributed by atoms with Crippen molar-refractivity contribution in [3.63, 3.8) is 0 Å². The average Bonchev–Trinajstić information content (AvgIpc) is 3.53. The third kappa shape index (κ3) is 2.73. The van der Waals surface area contributed by atoms with Crippen LogP contribution in [0.5, 0.6) is 5.75 Å². The number of ether oxygens (including phenoxy) is 1. The van der Waals surface area contributed by atoms with Crippen molar-refractivity contribution in [3.8, 4) is 11.4 Å². The molecule has 3 aliphatic rings. The maximum atomic E-state index is 14.4. The van der Waals surface area contributed by atoms with Crippen molar-refractivity contribution in [2.45, 2.75) is 25.4 Å². The van der Waals surface area contributed by atoms with Crippen LogP contribution in [0.2, 0.25) is 0 Å². The summed E-state index contributed by atoms with van der Waals surface area (Å²) in [5.74, 6) is -0.791. The van der Waals surface area contributed by atoms with Gasteiger partial charge in [0.1, 0.15) is 17.1 Å². The summed E-state index contributed by atoms with van der Waals surface area (Å²) in [6.07, 6.45) is 0. The van der Waals surface area contributed by atoms with Crippen LogP contribution in [0.15, 0.2) is 77.6 Å². The van der Waals surface area contributed by atoms with Gasteiger partial charge >= 0.3 is 0 Å². The lowest BCUT2D eigenvalue weighted by molar-refractivity contribution is -0.123. The van der Waals surface area contributed by atoms with Crippen molar-refractivity contribution >= 4 is 28.4 Å². The molecule has 38 heavy (non-hydrogen) atoms. The van der Waals surface area contributed by atoms with Gasteiger partial charge in [-0.2, -0.15) is 0 Å². The van der Waals surface area contributed by atoms with Gasteiger partial charge in [-0.1, -0.05) is 44.2 Å². The number of benzene rings is 3. The second-order valence-corrected chi connectivity index (χ2v) is 10.5. The van der Waals surface area contributed by atoms with Crippen LogP contribution in [0.3, 0.4) is 0 Å². The van der Waals surface area contributed by atoms with Gasteiger partial charge in [0, 0.05) is 11.6 Å². The molecule has 1 aromatic heterocycles. The summed E-state index contributed by atoms with van der Waals surface area (Å²) in [4.78, 5) is 48.6. The van der Waals surface area contributed by atoms with E-state index >= 15 is 0 Å². The van der Waals surface area contributed by atoms with Gasteiger partial charge < -0.3 is 4.74 Å². The lowest BCUT2D eigenvalue weighted by Crippen LogP contribution is -2.51. The molecule has 4 aromatic rings. The molecule has 3 aromatic carbocycles. The number of fused-ring (bicyclic) bond motifs is 8. The minimum Gasteiger partial charge on any atom is -0.497 e. The molecule has 2 fully saturated rings. The van der Waals surface area contributed by atoms with Crippen LogP contribution < -0.4 is 20.5 Å². The number of nitrogens with zero attached hydrogens (tertiary/aromatic N) is 3. The van der Waals surface area contributed by atoms with Gasteiger partial charge in [0.25, 0.3) is 5.56 Å². The predicted molar refractivity (Wildman–Crippen MR) is 142 cm³/mol. The number of imide groups is 1. The summed E-state index contributed by atoms with van der Waals surface area (Å²) in [6, 6.07) is 21.5. The van der Waals surface area contributed by atoms with Gasteiger partial charge in [0.2, 0.25) is 11.8 Å². The number of nitrogens with one attached hydrogen (secondary N) is 1. The van der Waals surface area contributed by atoms with Crippen molar-refractivity contribution in [1.29, 1.82) is 0 Å². The first-order chi connectivity index (χ1) is 18.4. The quantitative estimate of drug-likeness (QED) is 0.428. The van der Waals surface area contributed by atoms with Crippen LogP contribution in [0, 0.1) is 17.8 Å². The number of rotatable bonds is 3. The van der Waals surface area contributed by atoms with E-state index in [9.17, 15) is 14.4 Å². The number of anilines is 1. The largest absolute Gasteiger partial charge is 0.497 e. The van der Waals surface area contributed by atoms with Crippen molar-refractivity contribution in [3.05, 3.63) is 94.5 Å². The Kier molecular flexibility index (Phi) is 4.72. The second-order valence-electron chi connectivity index (χ2n) is 10.5. The molecule has 0 bridgehead atoms. The van der Waals surface area contributed by atoms with E-state index in [1.807, 2.05) is 56.3 Å². The summed E-state index contributed by atoms with van der Waals surface area (Å²) in [5.41, 5.74) is 1.22. The third-order valence-corrected chi connectivity index (χ3v) is 8.35. The van der Waals surface area contributed by atoms with Gasteiger partial charge in [0.05, 0.1) is 41.2 Å². The van der Waals surface area contributed by atoms with Gasteiger partial charge in [-0.15, -0.1) is 0 Å². The van der Waals surface area contributed by atoms with E-state index in [-0.39, 0.29) is 29.3 Å². The van der Waals surface area contributed by atoms with E-state index in [0.717, 1.165) is 5.56 Å². The number of para-hydroxylation sites is 2. The Morgan fingerprint density at radius 2 is 1.63 bits per heavy atom. The molecule has 7 rings (SSSR count). The van der Waals surface area contributed by atoms with Crippen molar-refractivity contribution in [1.82, 2.24) is 14.9 Å². The molecule has 0 radical (unpaired) electrons. The van der Waals surface area contributed by atoms with Crippen LogP contribution in [-0.2, 0) is 15.1 Å². The number of amides is 2. The SMILES string of the molecule is COc1ccc(N2C(=O)[C@H]3[C@@H](C(C)C)N[C@@]4(c5ccccc5-n5c4nc4ccccc4c5=O)[C@H]3C2=O)cc1. The lowest BCUT2D eigenvalue weighted by atomic mass is 9.75. The highest BCUT2D eigenvalue weighted by Gasteiger charge is 2.70. The van der Waals surface area contributed by atoms with Gasteiger partial charge in [0.15, 0.2) is 0 Å². The lowest BCUT2D eigenvalue weighted by Gasteiger charge is -2.32. The first-order valence-electron chi connectivity index (χ1n) is 12.8. The Balaban J connectivity index is 1.51. The van der Waals surface area contributed by atoms with E-state index in [1.165, 1.54) is 4.90 Å². The number of carbonyl (C=O) groups excluding carboxylic acids is 2. The van der Waals surface area contributed by atoms with Crippen molar-refractivity contribution in [2.75, 3.05) is 12.0 Å². The summed E-state index contributed by atoms with van der Waals surface area (Å²) < 4.78 is 6.89.